The zero-order valence-electron chi connectivity index (χ0n) is 8.53. The van der Waals surface area contributed by atoms with Gasteiger partial charge in [0.2, 0.25) is 5.75 Å². The van der Waals surface area contributed by atoms with Gasteiger partial charge in [0, 0.05) is 0 Å². The molecule has 0 aliphatic heterocycles. The Morgan fingerprint density at radius 3 is 1.81 bits per heavy atom. The molecule has 1 nitrogen and oxygen atoms in total. The van der Waals surface area contributed by atoms with Gasteiger partial charge in [-0.25, -0.2) is 8.78 Å². The molecule has 1 aromatic carbocycles. The van der Waals surface area contributed by atoms with Crippen LogP contribution in [-0.4, -0.2) is 6.36 Å². The minimum atomic E-state index is -5.11. The third kappa shape index (κ3) is 3.08. The Balaban J connectivity index is 3.13. The van der Waals surface area contributed by atoms with Gasteiger partial charge >= 0.3 is 6.36 Å². The molecule has 1 aromatic rings. The molecular weight excluding hydrogens is 231 g/mol. The van der Waals surface area contributed by atoms with Crippen molar-refractivity contribution in [1.29, 1.82) is 0 Å². The molecule has 1 rings (SSSR count). The first-order valence-corrected chi connectivity index (χ1v) is 4.45. The summed E-state index contributed by atoms with van der Waals surface area (Å²) in [6.45, 7) is 3.33. The Morgan fingerprint density at radius 2 is 1.50 bits per heavy atom. The third-order valence-electron chi connectivity index (χ3n) is 1.91. The second-order valence-electron chi connectivity index (χ2n) is 3.52. The molecule has 0 aromatic heterocycles. The molecular formula is C10H9F5O. The van der Waals surface area contributed by atoms with Gasteiger partial charge in [0.15, 0.2) is 11.6 Å². The van der Waals surface area contributed by atoms with Gasteiger partial charge in [-0.2, -0.15) is 0 Å². The highest BCUT2D eigenvalue weighted by Crippen LogP contribution is 2.31. The van der Waals surface area contributed by atoms with Crippen LogP contribution in [0.1, 0.15) is 25.3 Å². The van der Waals surface area contributed by atoms with E-state index in [-0.39, 0.29) is 11.5 Å². The molecule has 0 fully saturated rings. The smallest absolute Gasteiger partial charge is 0.399 e. The van der Waals surface area contributed by atoms with Crippen LogP contribution in [0.15, 0.2) is 12.1 Å². The van der Waals surface area contributed by atoms with Crippen molar-refractivity contribution in [2.75, 3.05) is 0 Å². The zero-order valence-corrected chi connectivity index (χ0v) is 8.53. The number of halogens is 5. The molecule has 6 heteroatoms. The average molecular weight is 240 g/mol. The summed E-state index contributed by atoms with van der Waals surface area (Å²) >= 11 is 0. The molecule has 0 radical (unpaired) electrons. The van der Waals surface area contributed by atoms with Crippen LogP contribution in [0.5, 0.6) is 5.75 Å². The molecule has 0 amide bonds. The van der Waals surface area contributed by atoms with E-state index in [1.165, 1.54) is 0 Å². The van der Waals surface area contributed by atoms with Crippen LogP contribution in [0.25, 0.3) is 0 Å². The van der Waals surface area contributed by atoms with E-state index in [9.17, 15) is 22.0 Å². The molecule has 0 unspecified atom stereocenters. The molecule has 0 N–H and O–H groups in total. The number of alkyl halides is 3. The summed E-state index contributed by atoms with van der Waals surface area (Å²) in [5.74, 6) is -4.33. The first-order chi connectivity index (χ1) is 7.20. The molecule has 16 heavy (non-hydrogen) atoms. The SMILES string of the molecule is CC(C)c1cc(F)c(OC(F)(F)F)c(F)c1. The normalized spacial score (nSPS) is 12.0. The number of hydrogen-bond donors (Lipinski definition) is 0. The summed E-state index contributed by atoms with van der Waals surface area (Å²) in [7, 11) is 0. The first kappa shape index (κ1) is 12.7. The van der Waals surface area contributed by atoms with Gasteiger partial charge in [-0.1, -0.05) is 13.8 Å². The van der Waals surface area contributed by atoms with Crippen molar-refractivity contribution in [3.05, 3.63) is 29.3 Å². The lowest BCUT2D eigenvalue weighted by Gasteiger charge is -2.12. The molecule has 0 saturated heterocycles. The van der Waals surface area contributed by atoms with E-state index in [0.29, 0.717) is 0 Å². The zero-order chi connectivity index (χ0) is 12.5. The Hall–Kier alpha value is -1.33. The van der Waals surface area contributed by atoms with Crippen LogP contribution in [0, 0.1) is 11.6 Å². The monoisotopic (exact) mass is 240 g/mol. The van der Waals surface area contributed by atoms with Crippen molar-refractivity contribution in [3.63, 3.8) is 0 Å². The molecule has 0 aliphatic carbocycles. The first-order valence-electron chi connectivity index (χ1n) is 4.45. The van der Waals surface area contributed by atoms with Crippen LogP contribution in [0.4, 0.5) is 22.0 Å². The Morgan fingerprint density at radius 1 is 1.06 bits per heavy atom. The summed E-state index contributed by atoms with van der Waals surface area (Å²) in [4.78, 5) is 0. The second kappa shape index (κ2) is 4.27. The highest BCUT2D eigenvalue weighted by molar-refractivity contribution is 5.32. The van der Waals surface area contributed by atoms with E-state index in [1.807, 2.05) is 0 Å². The van der Waals surface area contributed by atoms with Crippen molar-refractivity contribution in [1.82, 2.24) is 0 Å². The van der Waals surface area contributed by atoms with Crippen molar-refractivity contribution in [2.45, 2.75) is 26.1 Å². The van der Waals surface area contributed by atoms with Crippen LogP contribution in [0.3, 0.4) is 0 Å². The molecule has 0 atom stereocenters. The van der Waals surface area contributed by atoms with Gasteiger partial charge < -0.3 is 4.74 Å². The Kier molecular flexibility index (Phi) is 3.40. The van der Waals surface area contributed by atoms with Crippen molar-refractivity contribution in [3.8, 4) is 5.75 Å². The molecule has 90 valence electrons. The fourth-order valence-corrected chi connectivity index (χ4v) is 1.13. The highest BCUT2D eigenvalue weighted by atomic mass is 19.4. The largest absolute Gasteiger partial charge is 0.573 e. The number of hydrogen-bond acceptors (Lipinski definition) is 1. The van der Waals surface area contributed by atoms with E-state index in [0.717, 1.165) is 12.1 Å². The Bertz CT molecular complexity index is 360. The summed E-state index contributed by atoms with van der Waals surface area (Å²) in [6.07, 6.45) is -5.11. The minimum Gasteiger partial charge on any atom is -0.399 e. The fraction of sp³-hybridized carbons (Fsp3) is 0.400. The maximum Gasteiger partial charge on any atom is 0.573 e. The van der Waals surface area contributed by atoms with E-state index in [2.05, 4.69) is 4.74 Å². The highest BCUT2D eigenvalue weighted by Gasteiger charge is 2.34. The lowest BCUT2D eigenvalue weighted by Crippen LogP contribution is -2.19. The minimum absolute atomic E-state index is 0.191. The number of rotatable bonds is 2. The summed E-state index contributed by atoms with van der Waals surface area (Å²) in [5.41, 5.74) is 0.268. The van der Waals surface area contributed by atoms with E-state index >= 15 is 0 Å². The fourth-order valence-electron chi connectivity index (χ4n) is 1.13. The van der Waals surface area contributed by atoms with Gasteiger partial charge in [-0.15, -0.1) is 13.2 Å². The number of benzene rings is 1. The van der Waals surface area contributed by atoms with Gasteiger partial charge in [0.05, 0.1) is 0 Å². The van der Waals surface area contributed by atoms with E-state index < -0.39 is 23.7 Å². The lowest BCUT2D eigenvalue weighted by atomic mass is 10.0. The van der Waals surface area contributed by atoms with Crippen LogP contribution in [0.2, 0.25) is 0 Å². The summed E-state index contributed by atoms with van der Waals surface area (Å²) in [5, 5.41) is 0. The standard InChI is InChI=1S/C10H9F5O/c1-5(2)6-3-7(11)9(8(12)4-6)16-10(13,14)15/h3-5H,1-2H3. The maximum absolute atomic E-state index is 13.1. The predicted molar refractivity (Wildman–Crippen MR) is 47.1 cm³/mol. The average Bonchev–Trinajstić information content (AvgIpc) is 2.09. The lowest BCUT2D eigenvalue weighted by molar-refractivity contribution is -0.276. The van der Waals surface area contributed by atoms with Crippen molar-refractivity contribution < 1.29 is 26.7 Å². The van der Waals surface area contributed by atoms with Gasteiger partial charge in [-0.05, 0) is 23.6 Å². The van der Waals surface area contributed by atoms with Crippen LogP contribution < -0.4 is 4.74 Å². The molecule has 0 aliphatic rings. The second-order valence-corrected chi connectivity index (χ2v) is 3.52. The van der Waals surface area contributed by atoms with Gasteiger partial charge in [0.25, 0.3) is 0 Å². The summed E-state index contributed by atoms with van der Waals surface area (Å²) in [6, 6.07) is 1.66. The molecule has 0 saturated carbocycles. The van der Waals surface area contributed by atoms with Crippen LogP contribution >= 0.6 is 0 Å². The van der Waals surface area contributed by atoms with Gasteiger partial charge in [-0.3, -0.25) is 0 Å². The molecule has 0 heterocycles. The third-order valence-corrected chi connectivity index (χ3v) is 1.91. The van der Waals surface area contributed by atoms with Crippen molar-refractivity contribution in [2.24, 2.45) is 0 Å². The van der Waals surface area contributed by atoms with Crippen molar-refractivity contribution >= 4 is 0 Å². The van der Waals surface area contributed by atoms with E-state index in [1.54, 1.807) is 13.8 Å². The van der Waals surface area contributed by atoms with E-state index in [4.69, 9.17) is 0 Å². The molecule has 0 bridgehead atoms. The summed E-state index contributed by atoms with van der Waals surface area (Å²) < 4.78 is 64.9. The topological polar surface area (TPSA) is 9.23 Å². The van der Waals surface area contributed by atoms with Gasteiger partial charge in [0.1, 0.15) is 0 Å². The predicted octanol–water partition coefficient (Wildman–Crippen LogP) is 3.99. The Labute approximate surface area is 88.8 Å². The maximum atomic E-state index is 13.1. The van der Waals surface area contributed by atoms with Crippen LogP contribution in [-0.2, 0) is 0 Å². The molecule has 0 spiro atoms. The number of ether oxygens (including phenoxy) is 1. The quantitative estimate of drug-likeness (QED) is 0.710.